The lowest BCUT2D eigenvalue weighted by molar-refractivity contribution is 0.149. The van der Waals surface area contributed by atoms with Gasteiger partial charge < -0.3 is 14.6 Å². The molecule has 0 bridgehead atoms. The summed E-state index contributed by atoms with van der Waals surface area (Å²) in [6.07, 6.45) is 3.30. The number of hydrogen-bond donors (Lipinski definition) is 1. The number of rotatable bonds is 9. The molecular formula is C15H24O3. The van der Waals surface area contributed by atoms with Gasteiger partial charge in [-0.25, -0.2) is 0 Å². The first-order chi connectivity index (χ1) is 8.76. The van der Waals surface area contributed by atoms with Crippen LogP contribution in [-0.2, 0) is 0 Å². The van der Waals surface area contributed by atoms with E-state index in [1.807, 2.05) is 31.2 Å². The van der Waals surface area contributed by atoms with Crippen molar-refractivity contribution in [1.82, 2.24) is 0 Å². The van der Waals surface area contributed by atoms with Gasteiger partial charge >= 0.3 is 0 Å². The van der Waals surface area contributed by atoms with E-state index in [2.05, 4.69) is 6.92 Å². The second kappa shape index (κ2) is 8.81. The Bertz CT molecular complexity index is 308. The Hall–Kier alpha value is -1.22. The van der Waals surface area contributed by atoms with E-state index in [-0.39, 0.29) is 6.10 Å². The summed E-state index contributed by atoms with van der Waals surface area (Å²) >= 11 is 0. The van der Waals surface area contributed by atoms with Gasteiger partial charge in [0, 0.05) is 0 Å². The van der Waals surface area contributed by atoms with Gasteiger partial charge in [0.15, 0.2) is 0 Å². The van der Waals surface area contributed by atoms with Crippen LogP contribution in [0.15, 0.2) is 24.3 Å². The lowest BCUT2D eigenvalue weighted by Crippen LogP contribution is -2.07. The smallest absolute Gasteiger partial charge is 0.119 e. The Morgan fingerprint density at radius 3 is 2.06 bits per heavy atom. The molecule has 0 heterocycles. The maximum atomic E-state index is 9.40. The molecule has 102 valence electrons. The topological polar surface area (TPSA) is 38.7 Å². The molecule has 1 aromatic rings. The molecule has 1 N–H and O–H groups in total. The predicted octanol–water partition coefficient (Wildman–Crippen LogP) is 3.41. The minimum atomic E-state index is -0.196. The minimum absolute atomic E-state index is 0.196. The van der Waals surface area contributed by atoms with Gasteiger partial charge in [-0.15, -0.1) is 0 Å². The highest BCUT2D eigenvalue weighted by Gasteiger charge is 2.01. The van der Waals surface area contributed by atoms with Crippen LogP contribution in [0.25, 0.3) is 0 Å². The average Bonchev–Trinajstić information content (AvgIpc) is 2.42. The second-order valence-corrected chi connectivity index (χ2v) is 4.37. The van der Waals surface area contributed by atoms with Gasteiger partial charge in [-0.2, -0.15) is 0 Å². The Morgan fingerprint density at radius 2 is 1.56 bits per heavy atom. The van der Waals surface area contributed by atoms with Crippen LogP contribution < -0.4 is 9.47 Å². The van der Waals surface area contributed by atoms with E-state index in [1.54, 1.807) is 0 Å². The van der Waals surface area contributed by atoms with Crippen molar-refractivity contribution in [3.8, 4) is 11.5 Å². The molecule has 1 unspecified atom stereocenters. The van der Waals surface area contributed by atoms with Crippen molar-refractivity contribution in [2.24, 2.45) is 0 Å². The third kappa shape index (κ3) is 5.92. The Morgan fingerprint density at radius 1 is 1.00 bits per heavy atom. The van der Waals surface area contributed by atoms with Crippen molar-refractivity contribution >= 4 is 0 Å². The molecule has 0 aromatic heterocycles. The zero-order valence-electron chi connectivity index (χ0n) is 11.4. The van der Waals surface area contributed by atoms with E-state index >= 15 is 0 Å². The maximum Gasteiger partial charge on any atom is 0.119 e. The van der Waals surface area contributed by atoms with Crippen LogP contribution in [0.4, 0.5) is 0 Å². The number of aliphatic hydroxyl groups is 1. The van der Waals surface area contributed by atoms with Gasteiger partial charge in [-0.05, 0) is 49.9 Å². The van der Waals surface area contributed by atoms with Crippen molar-refractivity contribution in [1.29, 1.82) is 0 Å². The van der Waals surface area contributed by atoms with Gasteiger partial charge in [0.05, 0.1) is 19.3 Å². The minimum Gasteiger partial charge on any atom is -0.494 e. The molecule has 0 aliphatic heterocycles. The fraction of sp³-hybridized carbons (Fsp3) is 0.600. The molecule has 0 amide bonds. The molecular weight excluding hydrogens is 228 g/mol. The summed E-state index contributed by atoms with van der Waals surface area (Å²) in [6.45, 7) is 5.46. The first kappa shape index (κ1) is 14.8. The molecule has 1 rings (SSSR count). The molecule has 0 fully saturated rings. The molecule has 18 heavy (non-hydrogen) atoms. The van der Waals surface area contributed by atoms with Crippen molar-refractivity contribution in [3.05, 3.63) is 24.3 Å². The Kier molecular flexibility index (Phi) is 7.26. The van der Waals surface area contributed by atoms with Gasteiger partial charge in [0.25, 0.3) is 0 Å². The van der Waals surface area contributed by atoms with Crippen LogP contribution in [0.1, 0.15) is 39.5 Å². The van der Waals surface area contributed by atoms with Crippen LogP contribution in [0.5, 0.6) is 11.5 Å². The molecule has 0 aliphatic carbocycles. The largest absolute Gasteiger partial charge is 0.494 e. The average molecular weight is 252 g/mol. The monoisotopic (exact) mass is 252 g/mol. The Labute approximate surface area is 110 Å². The van der Waals surface area contributed by atoms with Crippen LogP contribution in [0.3, 0.4) is 0 Å². The zero-order valence-corrected chi connectivity index (χ0v) is 11.4. The summed E-state index contributed by atoms with van der Waals surface area (Å²) in [5.41, 5.74) is 0. The number of ether oxygens (including phenoxy) is 2. The molecule has 3 heteroatoms. The van der Waals surface area contributed by atoms with E-state index in [4.69, 9.17) is 9.47 Å². The lowest BCUT2D eigenvalue weighted by atomic mass is 10.1. The first-order valence-corrected chi connectivity index (χ1v) is 6.80. The van der Waals surface area contributed by atoms with Gasteiger partial charge in [0.2, 0.25) is 0 Å². The van der Waals surface area contributed by atoms with Gasteiger partial charge in [-0.3, -0.25) is 0 Å². The van der Waals surface area contributed by atoms with E-state index in [0.717, 1.165) is 43.8 Å². The predicted molar refractivity (Wildman–Crippen MR) is 73.3 cm³/mol. The Balaban J connectivity index is 2.22. The van der Waals surface area contributed by atoms with E-state index < -0.39 is 0 Å². The summed E-state index contributed by atoms with van der Waals surface area (Å²) in [4.78, 5) is 0. The second-order valence-electron chi connectivity index (χ2n) is 4.37. The molecule has 0 radical (unpaired) electrons. The van der Waals surface area contributed by atoms with Crippen molar-refractivity contribution < 1.29 is 14.6 Å². The van der Waals surface area contributed by atoms with Gasteiger partial charge in [0.1, 0.15) is 11.5 Å². The normalized spacial score (nSPS) is 12.2. The first-order valence-electron chi connectivity index (χ1n) is 6.80. The van der Waals surface area contributed by atoms with Crippen LogP contribution in [0.2, 0.25) is 0 Å². The molecule has 0 aliphatic rings. The summed E-state index contributed by atoms with van der Waals surface area (Å²) in [5, 5.41) is 9.40. The molecule has 0 saturated heterocycles. The van der Waals surface area contributed by atoms with Crippen LogP contribution >= 0.6 is 0 Å². The van der Waals surface area contributed by atoms with Crippen molar-refractivity contribution in [2.75, 3.05) is 13.2 Å². The summed E-state index contributed by atoms with van der Waals surface area (Å²) < 4.78 is 11.1. The number of aliphatic hydroxyl groups excluding tert-OH is 1. The molecule has 1 atom stereocenters. The lowest BCUT2D eigenvalue weighted by Gasteiger charge is -2.09. The van der Waals surface area contributed by atoms with Crippen molar-refractivity contribution in [3.63, 3.8) is 0 Å². The standard InChI is InChI=1S/C15H24O3/c1-3-11-17-14-7-9-15(10-8-14)18-12-5-6-13(16)4-2/h7-10,13,16H,3-6,11-12H2,1-2H3. The van der Waals surface area contributed by atoms with Crippen LogP contribution in [0, 0.1) is 0 Å². The van der Waals surface area contributed by atoms with E-state index in [0.29, 0.717) is 6.61 Å². The van der Waals surface area contributed by atoms with Crippen LogP contribution in [-0.4, -0.2) is 24.4 Å². The summed E-state index contributed by atoms with van der Waals surface area (Å²) in [7, 11) is 0. The van der Waals surface area contributed by atoms with E-state index in [1.165, 1.54) is 0 Å². The molecule has 3 nitrogen and oxygen atoms in total. The highest BCUT2D eigenvalue weighted by molar-refractivity contribution is 5.31. The fourth-order valence-corrected chi connectivity index (χ4v) is 1.57. The highest BCUT2D eigenvalue weighted by Crippen LogP contribution is 2.18. The SMILES string of the molecule is CCCOc1ccc(OCCCC(O)CC)cc1. The third-order valence-corrected chi connectivity index (χ3v) is 2.72. The third-order valence-electron chi connectivity index (χ3n) is 2.72. The molecule has 0 saturated carbocycles. The van der Waals surface area contributed by atoms with E-state index in [9.17, 15) is 5.11 Å². The van der Waals surface area contributed by atoms with Crippen molar-refractivity contribution in [2.45, 2.75) is 45.6 Å². The highest BCUT2D eigenvalue weighted by atomic mass is 16.5. The van der Waals surface area contributed by atoms with Gasteiger partial charge in [-0.1, -0.05) is 13.8 Å². The molecule has 0 spiro atoms. The number of hydrogen-bond acceptors (Lipinski definition) is 3. The quantitative estimate of drug-likeness (QED) is 0.684. The molecule has 1 aromatic carbocycles. The maximum absolute atomic E-state index is 9.40. The number of benzene rings is 1. The summed E-state index contributed by atoms with van der Waals surface area (Å²) in [5.74, 6) is 1.73. The fourth-order valence-electron chi connectivity index (χ4n) is 1.57. The zero-order chi connectivity index (χ0) is 13.2. The summed E-state index contributed by atoms with van der Waals surface area (Å²) in [6, 6.07) is 7.68.